The number of piperidine rings is 1. The van der Waals surface area contributed by atoms with Gasteiger partial charge in [0.1, 0.15) is 11.5 Å². The Labute approximate surface area is 153 Å². The summed E-state index contributed by atoms with van der Waals surface area (Å²) in [4.78, 5) is 26.1. The predicted octanol–water partition coefficient (Wildman–Crippen LogP) is 2.18. The van der Waals surface area contributed by atoms with Gasteiger partial charge in [0.05, 0.1) is 11.5 Å². The molecule has 1 aliphatic heterocycles. The van der Waals surface area contributed by atoms with E-state index in [0.717, 1.165) is 24.9 Å². The van der Waals surface area contributed by atoms with Gasteiger partial charge in [-0.25, -0.2) is 0 Å². The summed E-state index contributed by atoms with van der Waals surface area (Å²) in [5, 5.41) is 2.96. The largest absolute Gasteiger partial charge is 0.461 e. The maximum Gasteiger partial charge on any atom is 0.255 e. The average Bonchev–Trinajstić information content (AvgIpc) is 3.04. The molecule has 0 spiro atoms. The number of benzene rings is 1. The van der Waals surface area contributed by atoms with E-state index in [-0.39, 0.29) is 17.7 Å². The van der Waals surface area contributed by atoms with Crippen molar-refractivity contribution in [3.8, 4) is 11.3 Å². The van der Waals surface area contributed by atoms with Crippen molar-refractivity contribution in [3.63, 3.8) is 0 Å². The van der Waals surface area contributed by atoms with Crippen LogP contribution in [-0.4, -0.2) is 42.9 Å². The molecule has 1 aromatic heterocycles. The Morgan fingerprint density at radius 2 is 2.08 bits per heavy atom. The fourth-order valence-electron chi connectivity index (χ4n) is 3.40. The minimum Gasteiger partial charge on any atom is -0.461 e. The maximum absolute atomic E-state index is 12.6. The number of primary amides is 1. The Hall–Kier alpha value is -2.60. The number of carbonyl (C=O) groups is 2. The molecule has 0 bridgehead atoms. The second kappa shape index (κ2) is 8.19. The summed E-state index contributed by atoms with van der Waals surface area (Å²) in [5.41, 5.74) is 6.84. The monoisotopic (exact) mass is 355 g/mol. The van der Waals surface area contributed by atoms with Gasteiger partial charge < -0.3 is 20.4 Å². The Bertz CT molecular complexity index is 770. The molecule has 6 nitrogen and oxygen atoms in total. The van der Waals surface area contributed by atoms with E-state index in [9.17, 15) is 9.59 Å². The van der Waals surface area contributed by atoms with E-state index in [1.807, 2.05) is 37.3 Å². The van der Waals surface area contributed by atoms with Crippen LogP contribution in [0, 0.1) is 12.8 Å². The van der Waals surface area contributed by atoms with Crippen LogP contribution in [0.5, 0.6) is 0 Å². The maximum atomic E-state index is 12.6. The molecule has 2 amide bonds. The molecule has 1 aliphatic rings. The predicted molar refractivity (Wildman–Crippen MR) is 99.6 cm³/mol. The number of nitrogens with one attached hydrogen (secondary N) is 1. The third-order valence-electron chi connectivity index (χ3n) is 4.76. The summed E-state index contributed by atoms with van der Waals surface area (Å²) < 4.78 is 5.74. The lowest BCUT2D eigenvalue weighted by molar-refractivity contribution is -0.123. The number of nitrogens with zero attached hydrogens (tertiary/aromatic N) is 1. The second-order valence-electron chi connectivity index (χ2n) is 6.76. The molecule has 1 aromatic carbocycles. The van der Waals surface area contributed by atoms with E-state index < -0.39 is 0 Å². The number of hydrogen-bond acceptors (Lipinski definition) is 4. The van der Waals surface area contributed by atoms with E-state index in [4.69, 9.17) is 10.2 Å². The van der Waals surface area contributed by atoms with E-state index in [1.54, 1.807) is 6.07 Å². The standard InChI is InChI=1S/C20H25N3O3/c1-14-12-17(18(26-14)15-6-3-2-4-7-15)20(25)22-9-11-23-10-5-8-16(13-23)19(21)24/h2-4,6-7,12,16H,5,8-11,13H2,1H3,(H2,21,24)(H,22,25). The first-order valence-corrected chi connectivity index (χ1v) is 9.00. The molecule has 1 unspecified atom stereocenters. The fraction of sp³-hybridized carbons (Fsp3) is 0.400. The molecular weight excluding hydrogens is 330 g/mol. The third kappa shape index (κ3) is 4.32. The SMILES string of the molecule is Cc1cc(C(=O)NCCN2CCCC(C(N)=O)C2)c(-c2ccccc2)o1. The number of nitrogens with two attached hydrogens (primary N) is 1. The highest BCUT2D eigenvalue weighted by molar-refractivity contribution is 5.99. The lowest BCUT2D eigenvalue weighted by Crippen LogP contribution is -2.44. The van der Waals surface area contributed by atoms with Crippen molar-refractivity contribution >= 4 is 11.8 Å². The van der Waals surface area contributed by atoms with Crippen LogP contribution in [0.4, 0.5) is 0 Å². The first kappa shape index (κ1) is 18.2. The summed E-state index contributed by atoms with van der Waals surface area (Å²) >= 11 is 0. The minimum absolute atomic E-state index is 0.0827. The normalized spacial score (nSPS) is 17.8. The molecule has 26 heavy (non-hydrogen) atoms. The van der Waals surface area contributed by atoms with Gasteiger partial charge in [-0.2, -0.15) is 0 Å². The summed E-state index contributed by atoms with van der Waals surface area (Å²) in [7, 11) is 0. The number of aryl methyl sites for hydroxylation is 1. The van der Waals surface area contributed by atoms with Gasteiger partial charge in [0.15, 0.2) is 0 Å². The van der Waals surface area contributed by atoms with Crippen molar-refractivity contribution in [3.05, 3.63) is 47.7 Å². The summed E-state index contributed by atoms with van der Waals surface area (Å²) in [6, 6.07) is 11.4. The van der Waals surface area contributed by atoms with Crippen molar-refractivity contribution in [2.75, 3.05) is 26.2 Å². The molecule has 1 saturated heterocycles. The van der Waals surface area contributed by atoms with Crippen molar-refractivity contribution < 1.29 is 14.0 Å². The number of carbonyl (C=O) groups excluding carboxylic acids is 2. The first-order valence-electron chi connectivity index (χ1n) is 9.00. The van der Waals surface area contributed by atoms with Crippen molar-refractivity contribution in [1.82, 2.24) is 10.2 Å². The number of hydrogen-bond donors (Lipinski definition) is 2. The molecule has 0 aliphatic carbocycles. The molecular formula is C20H25N3O3. The lowest BCUT2D eigenvalue weighted by Gasteiger charge is -2.31. The molecule has 0 saturated carbocycles. The van der Waals surface area contributed by atoms with Gasteiger partial charge >= 0.3 is 0 Å². The van der Waals surface area contributed by atoms with Crippen molar-refractivity contribution in [2.45, 2.75) is 19.8 Å². The van der Waals surface area contributed by atoms with E-state index in [0.29, 0.717) is 36.7 Å². The van der Waals surface area contributed by atoms with Crippen LogP contribution < -0.4 is 11.1 Å². The molecule has 6 heteroatoms. The van der Waals surface area contributed by atoms with Gasteiger partial charge in [-0.3, -0.25) is 9.59 Å². The van der Waals surface area contributed by atoms with E-state index in [2.05, 4.69) is 10.2 Å². The first-order chi connectivity index (χ1) is 12.5. The summed E-state index contributed by atoms with van der Waals surface area (Å²) in [6.07, 6.45) is 1.81. The second-order valence-corrected chi connectivity index (χ2v) is 6.76. The number of rotatable bonds is 6. The molecule has 2 aromatic rings. The highest BCUT2D eigenvalue weighted by Crippen LogP contribution is 2.27. The zero-order chi connectivity index (χ0) is 18.5. The summed E-state index contributed by atoms with van der Waals surface area (Å²) in [5.74, 6) is 0.826. The highest BCUT2D eigenvalue weighted by Gasteiger charge is 2.24. The van der Waals surface area contributed by atoms with Crippen LogP contribution in [0.1, 0.15) is 29.0 Å². The Balaban J connectivity index is 1.58. The third-order valence-corrected chi connectivity index (χ3v) is 4.76. The lowest BCUT2D eigenvalue weighted by atomic mass is 9.97. The smallest absolute Gasteiger partial charge is 0.255 e. The quantitative estimate of drug-likeness (QED) is 0.831. The van der Waals surface area contributed by atoms with Crippen LogP contribution in [0.2, 0.25) is 0 Å². The topological polar surface area (TPSA) is 88.6 Å². The zero-order valence-corrected chi connectivity index (χ0v) is 15.0. The number of amides is 2. The molecule has 0 radical (unpaired) electrons. The summed E-state index contributed by atoms with van der Waals surface area (Å²) in [6.45, 7) is 4.65. The van der Waals surface area contributed by atoms with Crippen LogP contribution in [0.3, 0.4) is 0 Å². The van der Waals surface area contributed by atoms with Crippen molar-refractivity contribution in [1.29, 1.82) is 0 Å². The van der Waals surface area contributed by atoms with E-state index in [1.165, 1.54) is 0 Å². The van der Waals surface area contributed by atoms with Crippen LogP contribution in [0.25, 0.3) is 11.3 Å². The number of likely N-dealkylation sites (tertiary alicyclic amines) is 1. The fourth-order valence-corrected chi connectivity index (χ4v) is 3.40. The molecule has 2 heterocycles. The molecule has 138 valence electrons. The molecule has 1 atom stereocenters. The highest BCUT2D eigenvalue weighted by atomic mass is 16.3. The van der Waals surface area contributed by atoms with Gasteiger partial charge in [-0.15, -0.1) is 0 Å². The molecule has 3 rings (SSSR count). The van der Waals surface area contributed by atoms with Crippen molar-refractivity contribution in [2.24, 2.45) is 11.7 Å². The molecule has 1 fully saturated rings. The van der Waals surface area contributed by atoms with E-state index >= 15 is 0 Å². The van der Waals surface area contributed by atoms with Crippen LogP contribution >= 0.6 is 0 Å². The van der Waals surface area contributed by atoms with Crippen LogP contribution in [-0.2, 0) is 4.79 Å². The molecule has 3 N–H and O–H groups in total. The van der Waals surface area contributed by atoms with Crippen LogP contribution in [0.15, 0.2) is 40.8 Å². The number of furan rings is 1. The zero-order valence-electron chi connectivity index (χ0n) is 15.0. The minimum atomic E-state index is -0.236. The van der Waals surface area contributed by atoms with Gasteiger partial charge in [0, 0.05) is 25.2 Å². The van der Waals surface area contributed by atoms with Gasteiger partial charge in [0.25, 0.3) is 5.91 Å². The Morgan fingerprint density at radius 1 is 1.31 bits per heavy atom. The Morgan fingerprint density at radius 3 is 2.81 bits per heavy atom. The Kier molecular flexibility index (Phi) is 5.73. The average molecular weight is 355 g/mol. The van der Waals surface area contributed by atoms with Gasteiger partial charge in [-0.05, 0) is 32.4 Å². The van der Waals surface area contributed by atoms with Gasteiger partial charge in [-0.1, -0.05) is 30.3 Å². The van der Waals surface area contributed by atoms with Gasteiger partial charge in [0.2, 0.25) is 5.91 Å².